The van der Waals surface area contributed by atoms with Crippen molar-refractivity contribution in [2.75, 3.05) is 0 Å². The zero-order chi connectivity index (χ0) is 3.41. The average Bonchev–Trinajstić information content (AvgIpc) is 1.37. The average molecular weight is 175 g/mol. The van der Waals surface area contributed by atoms with E-state index in [2.05, 4.69) is 11.5 Å². The molecule has 0 saturated carbocycles. The monoisotopic (exact) mass is 178 g/mol. The minimum atomic E-state index is 0.639. The van der Waals surface area contributed by atoms with Gasteiger partial charge in [0.15, 0.2) is 0 Å². The Labute approximate surface area is 37.1 Å². The van der Waals surface area contributed by atoms with Crippen LogP contribution in [-0.4, -0.2) is 25.3 Å². The van der Waals surface area contributed by atoms with Gasteiger partial charge >= 0.3 is 36.8 Å². The summed E-state index contributed by atoms with van der Waals surface area (Å²) in [7, 11) is 0. The van der Waals surface area contributed by atoms with Crippen LogP contribution in [0.3, 0.4) is 0 Å². The second-order valence-corrected chi connectivity index (χ2v) is 13.5. The molecular weight excluding hydrogens is 169 g/mol. The van der Waals surface area contributed by atoms with Crippen LogP contribution in [0.15, 0.2) is 0 Å². The van der Waals surface area contributed by atoms with Crippen LogP contribution in [0.4, 0.5) is 0 Å². The standard InChI is InChI=1S/C2H6Ge2/c1-3-4-2/h1-2H3. The van der Waals surface area contributed by atoms with Gasteiger partial charge in [0.05, 0.1) is 0 Å². The van der Waals surface area contributed by atoms with Gasteiger partial charge in [-0.3, -0.25) is 0 Å². The fourth-order valence-corrected chi connectivity index (χ4v) is 0. The Balaban J connectivity index is 2.83. The van der Waals surface area contributed by atoms with Crippen molar-refractivity contribution in [3.8, 4) is 0 Å². The summed E-state index contributed by atoms with van der Waals surface area (Å²) in [4.78, 5) is 0. The molecule has 0 fully saturated rings. The molecule has 0 aromatic heterocycles. The molecule has 0 N–H and O–H groups in total. The number of hydrogen-bond acceptors (Lipinski definition) is 0. The molecule has 0 heterocycles. The van der Waals surface area contributed by atoms with Crippen molar-refractivity contribution in [3.05, 3.63) is 0 Å². The Morgan fingerprint density at radius 3 is 1.25 bits per heavy atom. The zero-order valence-corrected chi connectivity index (χ0v) is 7.20. The molecule has 0 amide bonds. The van der Waals surface area contributed by atoms with Crippen LogP contribution in [-0.2, 0) is 0 Å². The first kappa shape index (κ1) is 5.09. The molecule has 0 radical (unpaired) electrons. The Morgan fingerprint density at radius 2 is 1.25 bits per heavy atom. The van der Waals surface area contributed by atoms with Crippen LogP contribution < -0.4 is 0 Å². The maximum atomic E-state index is 2.36. The van der Waals surface area contributed by atoms with Crippen molar-refractivity contribution in [3.63, 3.8) is 0 Å². The van der Waals surface area contributed by atoms with Gasteiger partial charge in [0.25, 0.3) is 0 Å². The van der Waals surface area contributed by atoms with Gasteiger partial charge in [-0.2, -0.15) is 0 Å². The van der Waals surface area contributed by atoms with Gasteiger partial charge in [0.1, 0.15) is 0 Å². The Hall–Kier alpha value is 1.09. The Kier molecular flexibility index (Phi) is 5.19. The Morgan fingerprint density at radius 1 is 1.00 bits per heavy atom. The molecule has 2 heteroatoms. The molecule has 22 valence electrons. The van der Waals surface area contributed by atoms with Gasteiger partial charge < -0.3 is 0 Å². The van der Waals surface area contributed by atoms with E-state index in [1.165, 1.54) is 0 Å². The fraction of sp³-hybridized carbons (Fsp3) is 1.00. The van der Waals surface area contributed by atoms with Gasteiger partial charge in [-0.1, -0.05) is 0 Å². The summed E-state index contributed by atoms with van der Waals surface area (Å²) in [5.41, 5.74) is 0. The molecule has 0 nitrogen and oxygen atoms in total. The van der Waals surface area contributed by atoms with Gasteiger partial charge in [0.2, 0.25) is 0 Å². The third kappa shape index (κ3) is 3.09. The van der Waals surface area contributed by atoms with E-state index in [9.17, 15) is 0 Å². The van der Waals surface area contributed by atoms with E-state index in [1.807, 2.05) is 0 Å². The zero-order valence-electron chi connectivity index (χ0n) is 3.00. The summed E-state index contributed by atoms with van der Waals surface area (Å²) in [6.07, 6.45) is 0. The van der Waals surface area contributed by atoms with E-state index in [0.29, 0.717) is 25.3 Å². The quantitative estimate of drug-likeness (QED) is 0.468. The van der Waals surface area contributed by atoms with Crippen LogP contribution in [0.25, 0.3) is 0 Å². The predicted molar refractivity (Wildman–Crippen MR) is 23.2 cm³/mol. The Bertz CT molecular complexity index is 40.8. The second-order valence-electron chi connectivity index (χ2n) is 0.500. The topological polar surface area (TPSA) is 0 Å². The molecule has 0 aromatic rings. The van der Waals surface area contributed by atoms with Gasteiger partial charge in [-0.25, -0.2) is 0 Å². The summed E-state index contributed by atoms with van der Waals surface area (Å²) in [5.74, 6) is 4.72. The third-order valence-corrected chi connectivity index (χ3v) is 6.75. The summed E-state index contributed by atoms with van der Waals surface area (Å²) >= 11 is 1.28. The van der Waals surface area contributed by atoms with E-state index in [1.54, 1.807) is 0 Å². The van der Waals surface area contributed by atoms with Gasteiger partial charge in [-0.15, -0.1) is 0 Å². The van der Waals surface area contributed by atoms with E-state index in [4.69, 9.17) is 0 Å². The molecule has 0 saturated heterocycles. The van der Waals surface area contributed by atoms with Gasteiger partial charge in [0, 0.05) is 0 Å². The van der Waals surface area contributed by atoms with Crippen molar-refractivity contribution < 1.29 is 0 Å². The molecule has 0 spiro atoms. The fourth-order valence-electron chi connectivity index (χ4n) is 0. The van der Waals surface area contributed by atoms with Crippen molar-refractivity contribution in [1.29, 1.82) is 0 Å². The first-order valence-corrected chi connectivity index (χ1v) is 11.9. The summed E-state index contributed by atoms with van der Waals surface area (Å²) in [6, 6.07) is 0. The molecule has 0 atom stereocenters. The van der Waals surface area contributed by atoms with Crippen molar-refractivity contribution in [2.24, 2.45) is 0 Å². The van der Waals surface area contributed by atoms with E-state index < -0.39 is 0 Å². The SMILES string of the molecule is [CH3][Ge]#[Ge][CH3]. The van der Waals surface area contributed by atoms with Crippen LogP contribution in [0, 0.1) is 0 Å². The molecule has 0 unspecified atom stereocenters. The normalized spacial score (nSPS) is 3.50. The molecule has 0 aliphatic heterocycles. The molecule has 0 aliphatic rings. The number of rotatable bonds is 0. The van der Waals surface area contributed by atoms with Crippen molar-refractivity contribution in [2.45, 2.75) is 11.5 Å². The van der Waals surface area contributed by atoms with E-state index in [-0.39, 0.29) is 0 Å². The molecule has 0 aromatic carbocycles. The summed E-state index contributed by atoms with van der Waals surface area (Å²) in [6.45, 7) is 0. The molecule has 0 rings (SSSR count). The third-order valence-electron chi connectivity index (χ3n) is 0.250. The predicted octanol–water partition coefficient (Wildman–Crippen LogP) is 0.406. The van der Waals surface area contributed by atoms with Crippen molar-refractivity contribution in [1.82, 2.24) is 0 Å². The first-order chi connectivity index (χ1) is 1.91. The van der Waals surface area contributed by atoms with Gasteiger partial charge in [-0.05, 0) is 0 Å². The maximum absolute atomic E-state index is 2.36. The first-order valence-electron chi connectivity index (χ1n) is 1.25. The summed E-state index contributed by atoms with van der Waals surface area (Å²) in [5, 5.41) is 0. The van der Waals surface area contributed by atoms with Crippen LogP contribution in [0.5, 0.6) is 0 Å². The molecule has 0 aliphatic carbocycles. The molecular formula is C2H6Ge2. The minimum absolute atomic E-state index is 0.639. The molecule has 0 bridgehead atoms. The molecule has 4 heavy (non-hydrogen) atoms. The second kappa shape index (κ2) is 4.09. The van der Waals surface area contributed by atoms with E-state index in [0.717, 1.165) is 0 Å². The van der Waals surface area contributed by atoms with Crippen LogP contribution in [0.2, 0.25) is 11.5 Å². The van der Waals surface area contributed by atoms with Crippen LogP contribution in [0.1, 0.15) is 0 Å². The van der Waals surface area contributed by atoms with Crippen molar-refractivity contribution >= 4 is 25.3 Å². The summed E-state index contributed by atoms with van der Waals surface area (Å²) < 4.78 is 0. The van der Waals surface area contributed by atoms with E-state index >= 15 is 0 Å². The van der Waals surface area contributed by atoms with Crippen LogP contribution >= 0.6 is 0 Å². The number of hydrogen-bond donors (Lipinski definition) is 0.